The topological polar surface area (TPSA) is 80.9 Å². The van der Waals surface area contributed by atoms with Crippen molar-refractivity contribution in [1.82, 2.24) is 8.75 Å². The zero-order chi connectivity index (χ0) is 14.0. The SMILES string of the molecule is CCC(N)(CC)C(=O)Nc1c(Cl)ccc2nsnc12. The lowest BCUT2D eigenvalue weighted by Crippen LogP contribution is -2.50. The number of hydrogen-bond acceptors (Lipinski definition) is 5. The molecule has 1 aromatic carbocycles. The molecule has 2 aromatic rings. The van der Waals surface area contributed by atoms with Crippen LogP contribution in [0.2, 0.25) is 5.02 Å². The third-order valence-electron chi connectivity index (χ3n) is 3.33. The Hall–Kier alpha value is -1.24. The molecular formula is C12H15ClN4OS. The molecule has 7 heteroatoms. The van der Waals surface area contributed by atoms with Gasteiger partial charge in [0.2, 0.25) is 5.91 Å². The van der Waals surface area contributed by atoms with E-state index < -0.39 is 5.54 Å². The molecule has 0 aliphatic rings. The van der Waals surface area contributed by atoms with E-state index in [-0.39, 0.29) is 5.91 Å². The second-order valence-corrected chi connectivity index (χ2v) is 5.31. The summed E-state index contributed by atoms with van der Waals surface area (Å²) in [6.07, 6.45) is 1.11. The number of fused-ring (bicyclic) bond motifs is 1. The first-order valence-electron chi connectivity index (χ1n) is 6.03. The Labute approximate surface area is 120 Å². The van der Waals surface area contributed by atoms with Gasteiger partial charge in [0.25, 0.3) is 0 Å². The fourth-order valence-electron chi connectivity index (χ4n) is 1.75. The van der Waals surface area contributed by atoms with Gasteiger partial charge in [0.05, 0.1) is 28.0 Å². The van der Waals surface area contributed by atoms with Crippen LogP contribution in [0.1, 0.15) is 26.7 Å². The molecule has 3 N–H and O–H groups in total. The zero-order valence-electron chi connectivity index (χ0n) is 10.7. The lowest BCUT2D eigenvalue weighted by Gasteiger charge is -2.25. The molecule has 19 heavy (non-hydrogen) atoms. The van der Waals surface area contributed by atoms with Crippen LogP contribution in [0.5, 0.6) is 0 Å². The lowest BCUT2D eigenvalue weighted by molar-refractivity contribution is -0.121. The van der Waals surface area contributed by atoms with E-state index in [0.717, 1.165) is 11.7 Å². The van der Waals surface area contributed by atoms with E-state index >= 15 is 0 Å². The van der Waals surface area contributed by atoms with Crippen LogP contribution in [0.3, 0.4) is 0 Å². The van der Waals surface area contributed by atoms with Crippen LogP contribution in [0, 0.1) is 0 Å². The van der Waals surface area contributed by atoms with E-state index in [9.17, 15) is 4.79 Å². The Morgan fingerprint density at radius 1 is 1.42 bits per heavy atom. The molecule has 1 aromatic heterocycles. The molecule has 2 rings (SSSR count). The van der Waals surface area contributed by atoms with Crippen LogP contribution in [0.25, 0.3) is 11.0 Å². The number of nitrogens with one attached hydrogen (secondary N) is 1. The largest absolute Gasteiger partial charge is 0.321 e. The molecule has 0 saturated carbocycles. The summed E-state index contributed by atoms with van der Waals surface area (Å²) in [6, 6.07) is 3.46. The van der Waals surface area contributed by atoms with Crippen LogP contribution in [-0.2, 0) is 4.79 Å². The maximum absolute atomic E-state index is 12.3. The maximum atomic E-state index is 12.3. The molecule has 0 radical (unpaired) electrons. The van der Waals surface area contributed by atoms with Gasteiger partial charge < -0.3 is 11.1 Å². The van der Waals surface area contributed by atoms with Crippen LogP contribution < -0.4 is 11.1 Å². The Bertz CT molecular complexity index is 609. The van der Waals surface area contributed by atoms with E-state index in [4.69, 9.17) is 17.3 Å². The average Bonchev–Trinajstić information content (AvgIpc) is 2.89. The van der Waals surface area contributed by atoms with Crippen LogP contribution in [-0.4, -0.2) is 20.2 Å². The quantitative estimate of drug-likeness (QED) is 0.909. The normalized spacial score (nSPS) is 11.8. The Balaban J connectivity index is 2.38. The first-order chi connectivity index (χ1) is 9.01. The number of nitrogens with two attached hydrogens (primary N) is 1. The minimum absolute atomic E-state index is 0.250. The van der Waals surface area contributed by atoms with Gasteiger partial charge in [-0.3, -0.25) is 4.79 Å². The number of halogens is 1. The minimum atomic E-state index is -0.894. The minimum Gasteiger partial charge on any atom is -0.321 e. The third-order valence-corrected chi connectivity index (χ3v) is 4.19. The molecule has 0 saturated heterocycles. The molecule has 0 aliphatic carbocycles. The smallest absolute Gasteiger partial charge is 0.244 e. The highest BCUT2D eigenvalue weighted by molar-refractivity contribution is 7.00. The molecule has 0 atom stereocenters. The van der Waals surface area contributed by atoms with Crippen molar-refractivity contribution in [2.75, 3.05) is 5.32 Å². The lowest BCUT2D eigenvalue weighted by atomic mass is 9.93. The van der Waals surface area contributed by atoms with Crippen LogP contribution >= 0.6 is 23.3 Å². The van der Waals surface area contributed by atoms with Gasteiger partial charge in [0.1, 0.15) is 11.0 Å². The van der Waals surface area contributed by atoms with Crippen molar-refractivity contribution >= 4 is 46.0 Å². The number of anilines is 1. The standard InChI is InChI=1S/C12H15ClN4OS/c1-3-12(14,4-2)11(18)15-9-7(13)5-6-8-10(9)17-19-16-8/h5-6H,3-4,14H2,1-2H3,(H,15,18). The molecule has 0 bridgehead atoms. The molecule has 5 nitrogen and oxygen atoms in total. The van der Waals surface area contributed by atoms with Gasteiger partial charge in [-0.25, -0.2) is 0 Å². The van der Waals surface area contributed by atoms with E-state index in [0.29, 0.717) is 34.6 Å². The monoisotopic (exact) mass is 298 g/mol. The van der Waals surface area contributed by atoms with Gasteiger partial charge in [-0.05, 0) is 25.0 Å². The first-order valence-corrected chi connectivity index (χ1v) is 7.13. The number of hydrogen-bond donors (Lipinski definition) is 2. The van der Waals surface area contributed by atoms with E-state index in [2.05, 4.69) is 14.1 Å². The summed E-state index contributed by atoms with van der Waals surface area (Å²) >= 11 is 7.20. The molecule has 0 fully saturated rings. The van der Waals surface area contributed by atoms with Gasteiger partial charge in [-0.2, -0.15) is 8.75 Å². The molecular weight excluding hydrogens is 284 g/mol. The molecule has 0 aliphatic heterocycles. The first kappa shape index (κ1) is 14.2. The molecule has 1 heterocycles. The highest BCUT2D eigenvalue weighted by atomic mass is 35.5. The van der Waals surface area contributed by atoms with Gasteiger partial charge in [-0.15, -0.1) is 0 Å². The van der Waals surface area contributed by atoms with Crippen LogP contribution in [0.4, 0.5) is 5.69 Å². The highest BCUT2D eigenvalue weighted by Crippen LogP contribution is 2.30. The third kappa shape index (κ3) is 2.56. The second-order valence-electron chi connectivity index (χ2n) is 4.37. The van der Waals surface area contributed by atoms with Gasteiger partial charge in [-0.1, -0.05) is 25.4 Å². The average molecular weight is 299 g/mol. The number of rotatable bonds is 4. The summed E-state index contributed by atoms with van der Waals surface area (Å²) in [5.74, 6) is -0.250. The molecule has 1 amide bonds. The summed E-state index contributed by atoms with van der Waals surface area (Å²) in [7, 11) is 0. The van der Waals surface area contributed by atoms with Crippen molar-refractivity contribution in [2.45, 2.75) is 32.2 Å². The van der Waals surface area contributed by atoms with Crippen molar-refractivity contribution in [2.24, 2.45) is 5.73 Å². The number of carbonyl (C=O) groups is 1. The van der Waals surface area contributed by atoms with Gasteiger partial charge >= 0.3 is 0 Å². The van der Waals surface area contributed by atoms with Crippen molar-refractivity contribution in [3.05, 3.63) is 17.2 Å². The highest BCUT2D eigenvalue weighted by Gasteiger charge is 2.30. The van der Waals surface area contributed by atoms with Gasteiger partial charge in [0.15, 0.2) is 0 Å². The van der Waals surface area contributed by atoms with Crippen LogP contribution in [0.15, 0.2) is 12.1 Å². The number of benzene rings is 1. The number of amides is 1. The summed E-state index contributed by atoms with van der Waals surface area (Å²) in [5, 5.41) is 3.22. The number of nitrogens with zero attached hydrogens (tertiary/aromatic N) is 2. The Morgan fingerprint density at radius 3 is 2.74 bits per heavy atom. The summed E-state index contributed by atoms with van der Waals surface area (Å²) in [6.45, 7) is 3.77. The fourth-order valence-corrected chi connectivity index (χ4v) is 2.50. The molecule has 0 spiro atoms. The summed E-state index contributed by atoms with van der Waals surface area (Å²) < 4.78 is 8.28. The van der Waals surface area contributed by atoms with Gasteiger partial charge in [0, 0.05) is 0 Å². The van der Waals surface area contributed by atoms with Crippen molar-refractivity contribution in [3.8, 4) is 0 Å². The Kier molecular flexibility index (Phi) is 4.03. The zero-order valence-corrected chi connectivity index (χ0v) is 12.3. The summed E-state index contributed by atoms with van der Waals surface area (Å²) in [4.78, 5) is 12.3. The van der Waals surface area contributed by atoms with Crippen molar-refractivity contribution in [3.63, 3.8) is 0 Å². The number of aromatic nitrogens is 2. The second kappa shape index (κ2) is 5.40. The predicted molar refractivity (Wildman–Crippen MR) is 78.6 cm³/mol. The fraction of sp³-hybridized carbons (Fsp3) is 0.417. The van der Waals surface area contributed by atoms with E-state index in [1.807, 2.05) is 13.8 Å². The predicted octanol–water partition coefficient (Wildman–Crippen LogP) is 2.80. The van der Waals surface area contributed by atoms with Crippen molar-refractivity contribution in [1.29, 1.82) is 0 Å². The Morgan fingerprint density at radius 2 is 2.11 bits per heavy atom. The summed E-state index contributed by atoms with van der Waals surface area (Å²) in [5.41, 5.74) is 6.96. The van der Waals surface area contributed by atoms with Crippen molar-refractivity contribution < 1.29 is 4.79 Å². The molecule has 0 unspecified atom stereocenters. The number of carbonyl (C=O) groups excluding carboxylic acids is 1. The van der Waals surface area contributed by atoms with E-state index in [1.54, 1.807) is 12.1 Å². The van der Waals surface area contributed by atoms with E-state index in [1.165, 1.54) is 0 Å². The molecule has 102 valence electrons. The maximum Gasteiger partial charge on any atom is 0.244 e.